The first-order valence-electron chi connectivity index (χ1n) is 7.31. The number of halogens is 5. The van der Waals surface area contributed by atoms with Crippen molar-refractivity contribution in [1.82, 2.24) is 10.4 Å². The Labute approximate surface area is 153 Å². The molecule has 0 radical (unpaired) electrons. The van der Waals surface area contributed by atoms with Crippen LogP contribution < -0.4 is 10.7 Å². The number of nitrogens with zero attached hydrogens (tertiary/aromatic N) is 1. The molecule has 2 aromatic carbocycles. The fraction of sp³-hybridized carbons (Fsp3) is 0.176. The molecule has 1 aliphatic rings. The zero-order chi connectivity index (χ0) is 18.4. The lowest BCUT2D eigenvalue weighted by Gasteiger charge is -2.32. The fourth-order valence-electron chi connectivity index (χ4n) is 2.82. The lowest BCUT2D eigenvalue weighted by Crippen LogP contribution is -2.50. The van der Waals surface area contributed by atoms with Crippen LogP contribution in [0.5, 0.6) is 0 Å². The highest BCUT2D eigenvalue weighted by Gasteiger charge is 2.38. The summed E-state index contributed by atoms with van der Waals surface area (Å²) in [7, 11) is 1.72. The molecule has 25 heavy (non-hydrogen) atoms. The molecule has 0 saturated heterocycles. The molecule has 2 aromatic rings. The maximum atomic E-state index is 14.2. The van der Waals surface area contributed by atoms with Crippen molar-refractivity contribution < 1.29 is 13.2 Å². The fourth-order valence-corrected chi connectivity index (χ4v) is 3.28. The highest BCUT2D eigenvalue weighted by molar-refractivity contribution is 6.32. The van der Waals surface area contributed by atoms with Crippen LogP contribution in [-0.2, 0) is 0 Å². The van der Waals surface area contributed by atoms with E-state index in [1.54, 1.807) is 25.2 Å². The zero-order valence-electron chi connectivity index (χ0n) is 13.3. The number of hydrazine groups is 1. The third-order valence-electron chi connectivity index (χ3n) is 3.86. The Morgan fingerprint density at radius 2 is 1.72 bits per heavy atom. The van der Waals surface area contributed by atoms with Gasteiger partial charge in [0.2, 0.25) is 0 Å². The summed E-state index contributed by atoms with van der Waals surface area (Å²) in [4.78, 5) is 0. The molecule has 0 spiro atoms. The van der Waals surface area contributed by atoms with E-state index in [4.69, 9.17) is 23.2 Å². The van der Waals surface area contributed by atoms with Gasteiger partial charge in [0, 0.05) is 29.4 Å². The summed E-state index contributed by atoms with van der Waals surface area (Å²) in [5.74, 6) is -2.13. The van der Waals surface area contributed by atoms with Gasteiger partial charge in [0.15, 0.2) is 11.6 Å². The Morgan fingerprint density at radius 3 is 2.32 bits per heavy atom. The van der Waals surface area contributed by atoms with E-state index in [9.17, 15) is 13.2 Å². The maximum Gasteiger partial charge on any atom is 0.150 e. The van der Waals surface area contributed by atoms with E-state index in [1.165, 1.54) is 18.2 Å². The van der Waals surface area contributed by atoms with E-state index < -0.39 is 23.1 Å². The Bertz CT molecular complexity index is 849. The van der Waals surface area contributed by atoms with Crippen molar-refractivity contribution in [2.24, 2.45) is 0 Å². The molecular weight excluding hydrogens is 374 g/mol. The second-order valence-corrected chi connectivity index (χ2v) is 6.73. The molecule has 8 heteroatoms. The molecule has 1 unspecified atom stereocenters. The summed E-state index contributed by atoms with van der Waals surface area (Å²) in [6.45, 7) is 1.69. The quantitative estimate of drug-likeness (QED) is 0.773. The first-order valence-corrected chi connectivity index (χ1v) is 8.06. The lowest BCUT2D eigenvalue weighted by atomic mass is 9.95. The Hall–Kier alpha value is -1.89. The van der Waals surface area contributed by atoms with E-state index in [0.29, 0.717) is 11.1 Å². The molecule has 0 aliphatic carbocycles. The third-order valence-corrected chi connectivity index (χ3v) is 4.40. The van der Waals surface area contributed by atoms with Gasteiger partial charge in [-0.05, 0) is 31.2 Å². The molecule has 0 bridgehead atoms. The van der Waals surface area contributed by atoms with E-state index >= 15 is 0 Å². The van der Waals surface area contributed by atoms with E-state index in [0.717, 1.165) is 12.1 Å². The van der Waals surface area contributed by atoms with E-state index in [1.807, 2.05) is 0 Å². The number of hydrogen-bond acceptors (Lipinski definition) is 3. The highest BCUT2D eigenvalue weighted by atomic mass is 35.5. The van der Waals surface area contributed by atoms with Crippen LogP contribution in [0.3, 0.4) is 0 Å². The number of nitrogens with one attached hydrogen (secondary N) is 2. The third kappa shape index (κ3) is 3.42. The van der Waals surface area contributed by atoms with Crippen LogP contribution in [0.1, 0.15) is 12.5 Å². The van der Waals surface area contributed by atoms with E-state index in [-0.39, 0.29) is 15.7 Å². The molecule has 1 heterocycles. The van der Waals surface area contributed by atoms with Crippen LogP contribution in [-0.4, -0.2) is 17.7 Å². The highest BCUT2D eigenvalue weighted by Crippen LogP contribution is 2.38. The van der Waals surface area contributed by atoms with Gasteiger partial charge in [-0.25, -0.2) is 18.6 Å². The van der Waals surface area contributed by atoms with E-state index in [2.05, 4.69) is 10.7 Å². The summed E-state index contributed by atoms with van der Waals surface area (Å²) in [6, 6.07) is 6.00. The van der Waals surface area contributed by atoms with Crippen molar-refractivity contribution in [2.45, 2.75) is 12.6 Å². The Balaban J connectivity index is 2.04. The largest absolute Gasteiger partial charge is 0.358 e. The van der Waals surface area contributed by atoms with Crippen LogP contribution >= 0.6 is 23.2 Å². The minimum atomic E-state index is -1.09. The molecule has 1 aliphatic heterocycles. The summed E-state index contributed by atoms with van der Waals surface area (Å²) < 4.78 is 41.7. The minimum Gasteiger partial charge on any atom is -0.358 e. The number of benzene rings is 2. The first kappa shape index (κ1) is 17.9. The smallest absolute Gasteiger partial charge is 0.150 e. The predicted octanol–water partition coefficient (Wildman–Crippen LogP) is 5.03. The van der Waals surface area contributed by atoms with Gasteiger partial charge in [-0.15, -0.1) is 0 Å². The number of anilines is 1. The molecule has 0 fully saturated rings. The van der Waals surface area contributed by atoms with Gasteiger partial charge in [-0.1, -0.05) is 29.3 Å². The zero-order valence-corrected chi connectivity index (χ0v) is 14.8. The molecule has 0 aromatic heterocycles. The number of hydrogen-bond donors (Lipinski definition) is 2. The summed E-state index contributed by atoms with van der Waals surface area (Å²) in [5, 5.41) is 4.58. The molecule has 3 rings (SSSR count). The standard InChI is InChI=1S/C17H14Cl2F3N3/c1-17(23-16-14(21)5-9(18)6-15(16)22)12(8-25(2)24-17)11-4-3-10(20)7-13(11)19/h3-8,23-24H,1-2H3. The van der Waals surface area contributed by atoms with Crippen LogP contribution in [0.2, 0.25) is 10.0 Å². The van der Waals surface area contributed by atoms with Crippen molar-refractivity contribution in [3.63, 3.8) is 0 Å². The second-order valence-electron chi connectivity index (χ2n) is 5.88. The van der Waals surface area contributed by atoms with Gasteiger partial charge >= 0.3 is 0 Å². The van der Waals surface area contributed by atoms with Crippen LogP contribution in [0.15, 0.2) is 36.5 Å². The van der Waals surface area contributed by atoms with Gasteiger partial charge in [0.1, 0.15) is 17.2 Å². The van der Waals surface area contributed by atoms with Crippen molar-refractivity contribution >= 4 is 34.5 Å². The molecular formula is C17H14Cl2F3N3. The number of rotatable bonds is 3. The van der Waals surface area contributed by atoms with Crippen molar-refractivity contribution in [1.29, 1.82) is 0 Å². The van der Waals surface area contributed by atoms with Crippen LogP contribution in [0, 0.1) is 17.5 Å². The van der Waals surface area contributed by atoms with Gasteiger partial charge < -0.3 is 10.3 Å². The van der Waals surface area contributed by atoms with Crippen molar-refractivity contribution in [3.05, 3.63) is 69.6 Å². The summed E-state index contributed by atoms with van der Waals surface area (Å²) in [6.07, 6.45) is 1.71. The van der Waals surface area contributed by atoms with Gasteiger partial charge in [0.25, 0.3) is 0 Å². The normalized spacial score (nSPS) is 20.0. The second kappa shape index (κ2) is 6.44. The molecule has 0 saturated carbocycles. The minimum absolute atomic E-state index is 0.0421. The van der Waals surface area contributed by atoms with Gasteiger partial charge in [0.05, 0.1) is 5.02 Å². The molecule has 2 N–H and O–H groups in total. The van der Waals surface area contributed by atoms with Crippen LogP contribution in [0.25, 0.3) is 5.57 Å². The predicted molar refractivity (Wildman–Crippen MR) is 93.7 cm³/mol. The molecule has 0 amide bonds. The molecule has 132 valence electrons. The van der Waals surface area contributed by atoms with Crippen molar-refractivity contribution in [2.75, 3.05) is 12.4 Å². The maximum absolute atomic E-state index is 14.2. The first-order chi connectivity index (χ1) is 11.7. The average Bonchev–Trinajstić information content (AvgIpc) is 2.78. The summed E-state index contributed by atoms with van der Waals surface area (Å²) >= 11 is 11.8. The molecule has 3 nitrogen and oxygen atoms in total. The van der Waals surface area contributed by atoms with Crippen LogP contribution in [0.4, 0.5) is 18.9 Å². The monoisotopic (exact) mass is 387 g/mol. The lowest BCUT2D eigenvalue weighted by molar-refractivity contribution is 0.289. The Kier molecular flexibility index (Phi) is 4.62. The topological polar surface area (TPSA) is 27.3 Å². The van der Waals surface area contributed by atoms with Gasteiger partial charge in [-0.3, -0.25) is 0 Å². The van der Waals surface area contributed by atoms with Gasteiger partial charge in [-0.2, -0.15) is 0 Å². The SMILES string of the molecule is CN1C=C(c2ccc(F)cc2Cl)C(C)(Nc2c(F)cc(Cl)cc2F)N1. The average molecular weight is 388 g/mol. The molecule has 1 atom stereocenters. The Morgan fingerprint density at radius 1 is 1.08 bits per heavy atom. The summed E-state index contributed by atoms with van der Waals surface area (Å²) in [5.41, 5.74) is 2.75. The van der Waals surface area contributed by atoms with Crippen molar-refractivity contribution in [3.8, 4) is 0 Å².